The lowest BCUT2D eigenvalue weighted by atomic mass is 9.76. The van der Waals surface area contributed by atoms with E-state index in [0.29, 0.717) is 11.7 Å². The van der Waals surface area contributed by atoms with Gasteiger partial charge in [0, 0.05) is 12.7 Å². The van der Waals surface area contributed by atoms with Crippen LogP contribution in [0.4, 0.5) is 0 Å². The van der Waals surface area contributed by atoms with Crippen molar-refractivity contribution < 1.29 is 14.3 Å². The van der Waals surface area contributed by atoms with Gasteiger partial charge in [0.05, 0.1) is 5.92 Å². The van der Waals surface area contributed by atoms with Crippen molar-refractivity contribution in [1.29, 1.82) is 0 Å². The first-order valence-electron chi connectivity index (χ1n) is 7.24. The molecule has 2 rings (SSSR count). The maximum atomic E-state index is 12.0. The van der Waals surface area contributed by atoms with Crippen molar-refractivity contribution in [2.45, 2.75) is 38.0 Å². The molecule has 1 atom stereocenters. The first-order chi connectivity index (χ1) is 9.74. The quantitative estimate of drug-likeness (QED) is 0.813. The lowest BCUT2D eigenvalue weighted by Gasteiger charge is -2.29. The summed E-state index contributed by atoms with van der Waals surface area (Å²) < 4.78 is 10.5. The van der Waals surface area contributed by atoms with Crippen molar-refractivity contribution in [1.82, 2.24) is 0 Å². The highest BCUT2D eigenvalue weighted by Gasteiger charge is 2.31. The van der Waals surface area contributed by atoms with E-state index in [1.165, 1.54) is 19.3 Å². The van der Waals surface area contributed by atoms with E-state index in [0.717, 1.165) is 18.4 Å². The van der Waals surface area contributed by atoms with Crippen LogP contribution in [0.5, 0.6) is 5.75 Å². The molecule has 0 aliphatic heterocycles. The molecule has 2 N–H and O–H groups in total. The maximum Gasteiger partial charge on any atom is 0.225 e. The van der Waals surface area contributed by atoms with Crippen LogP contribution in [-0.2, 0) is 9.53 Å². The minimum atomic E-state index is -0.261. The summed E-state index contributed by atoms with van der Waals surface area (Å²) in [5, 5.41) is 0. The maximum absolute atomic E-state index is 12.0. The van der Waals surface area contributed by atoms with Gasteiger partial charge in [0.15, 0.2) is 6.79 Å². The highest BCUT2D eigenvalue weighted by molar-refractivity contribution is 5.83. The molecular formula is C16H23NO3. The monoisotopic (exact) mass is 277 g/mol. The highest BCUT2D eigenvalue weighted by Crippen LogP contribution is 2.39. The minimum Gasteiger partial charge on any atom is -0.467 e. The Hall–Kier alpha value is -1.55. The number of primary amides is 1. The predicted molar refractivity (Wildman–Crippen MR) is 77.5 cm³/mol. The fourth-order valence-corrected chi connectivity index (χ4v) is 3.10. The number of rotatable bonds is 6. The number of carbonyl (C=O) groups is 1. The van der Waals surface area contributed by atoms with Crippen LogP contribution in [0.3, 0.4) is 0 Å². The standard InChI is InChI=1S/C16H23NO3/c1-19-11-20-14-10-6-5-9-13(14)15(16(17)18)12-7-3-2-4-8-12/h5-6,9-10,12,15H,2-4,7-8,11H2,1H3,(H2,17,18). The lowest BCUT2D eigenvalue weighted by Crippen LogP contribution is -2.29. The van der Waals surface area contributed by atoms with Crippen LogP contribution in [0.2, 0.25) is 0 Å². The van der Waals surface area contributed by atoms with E-state index in [9.17, 15) is 4.79 Å². The van der Waals surface area contributed by atoms with Crippen LogP contribution < -0.4 is 10.5 Å². The van der Waals surface area contributed by atoms with Gasteiger partial charge in [-0.15, -0.1) is 0 Å². The number of amides is 1. The zero-order valence-corrected chi connectivity index (χ0v) is 12.0. The van der Waals surface area contributed by atoms with E-state index < -0.39 is 0 Å². The lowest BCUT2D eigenvalue weighted by molar-refractivity contribution is -0.121. The van der Waals surface area contributed by atoms with Gasteiger partial charge in [-0.1, -0.05) is 37.5 Å². The van der Waals surface area contributed by atoms with Gasteiger partial charge in [-0.3, -0.25) is 4.79 Å². The fourth-order valence-electron chi connectivity index (χ4n) is 3.10. The Kier molecular flexibility index (Phi) is 5.41. The third-order valence-corrected chi connectivity index (χ3v) is 4.01. The molecule has 1 aliphatic carbocycles. The smallest absolute Gasteiger partial charge is 0.225 e. The van der Waals surface area contributed by atoms with Gasteiger partial charge < -0.3 is 15.2 Å². The average molecular weight is 277 g/mol. The van der Waals surface area contributed by atoms with Crippen molar-refractivity contribution >= 4 is 5.91 Å². The van der Waals surface area contributed by atoms with E-state index in [1.54, 1.807) is 7.11 Å². The first-order valence-corrected chi connectivity index (χ1v) is 7.24. The van der Waals surface area contributed by atoms with Crippen molar-refractivity contribution in [2.24, 2.45) is 11.7 Å². The van der Waals surface area contributed by atoms with Crippen molar-refractivity contribution in [2.75, 3.05) is 13.9 Å². The van der Waals surface area contributed by atoms with Crippen LogP contribution in [0.1, 0.15) is 43.6 Å². The Morgan fingerprint density at radius 1 is 1.30 bits per heavy atom. The highest BCUT2D eigenvalue weighted by atomic mass is 16.7. The molecule has 20 heavy (non-hydrogen) atoms. The van der Waals surface area contributed by atoms with E-state index in [2.05, 4.69) is 0 Å². The Bertz CT molecular complexity index is 441. The second-order valence-electron chi connectivity index (χ2n) is 5.37. The summed E-state index contributed by atoms with van der Waals surface area (Å²) in [6.45, 7) is 0.174. The molecule has 1 unspecified atom stereocenters. The van der Waals surface area contributed by atoms with Crippen molar-refractivity contribution in [3.05, 3.63) is 29.8 Å². The van der Waals surface area contributed by atoms with Crippen LogP contribution in [0, 0.1) is 5.92 Å². The normalized spacial score (nSPS) is 17.6. The van der Waals surface area contributed by atoms with Gasteiger partial charge in [0.2, 0.25) is 5.91 Å². The summed E-state index contributed by atoms with van der Waals surface area (Å²) in [5.74, 6) is 0.506. The van der Waals surface area contributed by atoms with E-state index in [1.807, 2.05) is 24.3 Å². The van der Waals surface area contributed by atoms with Gasteiger partial charge in [-0.05, 0) is 24.8 Å². The Morgan fingerprint density at radius 2 is 2.00 bits per heavy atom. The molecule has 110 valence electrons. The van der Waals surface area contributed by atoms with Gasteiger partial charge >= 0.3 is 0 Å². The van der Waals surface area contributed by atoms with Crippen LogP contribution in [0.25, 0.3) is 0 Å². The molecule has 0 radical (unpaired) electrons. The molecule has 0 spiro atoms. The number of para-hydroxylation sites is 1. The molecular weight excluding hydrogens is 254 g/mol. The zero-order chi connectivity index (χ0) is 14.4. The molecule has 1 aromatic rings. The number of carbonyl (C=O) groups excluding carboxylic acids is 1. The third kappa shape index (κ3) is 3.51. The third-order valence-electron chi connectivity index (χ3n) is 4.01. The first kappa shape index (κ1) is 14.9. The second-order valence-corrected chi connectivity index (χ2v) is 5.37. The predicted octanol–water partition coefficient (Wildman–Crippen LogP) is 2.82. The number of nitrogens with two attached hydrogens (primary N) is 1. The fraction of sp³-hybridized carbons (Fsp3) is 0.562. The van der Waals surface area contributed by atoms with Crippen molar-refractivity contribution in [3.8, 4) is 5.75 Å². The number of methoxy groups -OCH3 is 1. The van der Waals surface area contributed by atoms with Crippen LogP contribution in [-0.4, -0.2) is 19.8 Å². The summed E-state index contributed by atoms with van der Waals surface area (Å²) in [6, 6.07) is 7.63. The summed E-state index contributed by atoms with van der Waals surface area (Å²) in [5.41, 5.74) is 6.56. The number of ether oxygens (including phenoxy) is 2. The Morgan fingerprint density at radius 3 is 2.65 bits per heavy atom. The van der Waals surface area contributed by atoms with Crippen LogP contribution >= 0.6 is 0 Å². The van der Waals surface area contributed by atoms with Crippen molar-refractivity contribution in [3.63, 3.8) is 0 Å². The molecule has 1 saturated carbocycles. The van der Waals surface area contributed by atoms with E-state index in [-0.39, 0.29) is 18.6 Å². The molecule has 1 aliphatic rings. The molecule has 4 nitrogen and oxygen atoms in total. The Balaban J connectivity index is 2.26. The molecule has 0 heterocycles. The van der Waals surface area contributed by atoms with Gasteiger partial charge in [-0.25, -0.2) is 0 Å². The molecule has 1 fully saturated rings. The number of hydrogen-bond acceptors (Lipinski definition) is 3. The van der Waals surface area contributed by atoms with E-state index >= 15 is 0 Å². The molecule has 0 saturated heterocycles. The SMILES string of the molecule is COCOc1ccccc1C(C(N)=O)C1CCCCC1. The molecule has 1 amide bonds. The zero-order valence-electron chi connectivity index (χ0n) is 12.0. The minimum absolute atomic E-state index is 0.174. The van der Waals surface area contributed by atoms with Crippen LogP contribution in [0.15, 0.2) is 24.3 Å². The van der Waals surface area contributed by atoms with Gasteiger partial charge in [0.25, 0.3) is 0 Å². The van der Waals surface area contributed by atoms with E-state index in [4.69, 9.17) is 15.2 Å². The topological polar surface area (TPSA) is 61.6 Å². The average Bonchev–Trinajstić information content (AvgIpc) is 2.47. The van der Waals surface area contributed by atoms with Gasteiger partial charge in [0.1, 0.15) is 5.75 Å². The largest absolute Gasteiger partial charge is 0.467 e. The molecule has 1 aromatic carbocycles. The van der Waals surface area contributed by atoms with Gasteiger partial charge in [-0.2, -0.15) is 0 Å². The second kappa shape index (κ2) is 7.29. The summed E-state index contributed by atoms with van der Waals surface area (Å²) in [6.07, 6.45) is 5.73. The molecule has 0 aromatic heterocycles. The number of benzene rings is 1. The molecule has 0 bridgehead atoms. The summed E-state index contributed by atoms with van der Waals surface area (Å²) in [4.78, 5) is 12.0. The molecule has 4 heteroatoms. The Labute approximate surface area is 120 Å². The summed E-state index contributed by atoms with van der Waals surface area (Å²) >= 11 is 0. The number of hydrogen-bond donors (Lipinski definition) is 1. The summed E-state index contributed by atoms with van der Waals surface area (Å²) in [7, 11) is 1.58.